The van der Waals surface area contributed by atoms with Crippen molar-refractivity contribution in [3.63, 3.8) is 0 Å². The van der Waals surface area contributed by atoms with E-state index >= 15 is 0 Å². The Morgan fingerprint density at radius 2 is 2.14 bits per heavy atom. The summed E-state index contributed by atoms with van der Waals surface area (Å²) in [5.41, 5.74) is 0.806. The molecule has 4 N–H and O–H groups in total. The lowest BCUT2D eigenvalue weighted by atomic mass is 9.98. The van der Waals surface area contributed by atoms with Gasteiger partial charge in [0.15, 0.2) is 0 Å². The van der Waals surface area contributed by atoms with E-state index < -0.39 is 10.2 Å². The van der Waals surface area contributed by atoms with Crippen LogP contribution in [0.4, 0.5) is 11.4 Å². The average Bonchev–Trinajstić information content (AvgIpc) is 2.85. The minimum atomic E-state index is -3.83. The minimum Gasteiger partial charge on any atom is -0.377 e. The lowest BCUT2D eigenvalue weighted by molar-refractivity contribution is -0.121. The fourth-order valence-corrected chi connectivity index (χ4v) is 2.87. The van der Waals surface area contributed by atoms with E-state index in [1.165, 1.54) is 6.07 Å². The minimum absolute atomic E-state index is 0.0595. The SMILES string of the molecule is CCC1OCCC1C(=O)Nc1cccc(NS(N)(=O)=O)c1. The smallest absolute Gasteiger partial charge is 0.296 e. The van der Waals surface area contributed by atoms with Gasteiger partial charge in [-0.3, -0.25) is 9.52 Å². The number of rotatable bonds is 5. The van der Waals surface area contributed by atoms with Crippen molar-refractivity contribution >= 4 is 27.5 Å². The molecule has 0 radical (unpaired) electrons. The van der Waals surface area contributed by atoms with Gasteiger partial charge in [-0.25, -0.2) is 5.14 Å². The van der Waals surface area contributed by atoms with Crippen LogP contribution in [-0.4, -0.2) is 27.0 Å². The van der Waals surface area contributed by atoms with Crippen molar-refractivity contribution in [1.82, 2.24) is 0 Å². The molecule has 8 heteroatoms. The summed E-state index contributed by atoms with van der Waals surface area (Å²) in [7, 11) is -3.83. The van der Waals surface area contributed by atoms with Crippen LogP contribution in [0.2, 0.25) is 0 Å². The Morgan fingerprint density at radius 3 is 2.81 bits per heavy atom. The fraction of sp³-hybridized carbons (Fsp3) is 0.462. The molecule has 116 valence electrons. The molecule has 21 heavy (non-hydrogen) atoms. The highest BCUT2D eigenvalue weighted by Gasteiger charge is 2.32. The number of anilines is 2. The van der Waals surface area contributed by atoms with Crippen LogP contribution in [0.3, 0.4) is 0 Å². The first-order valence-corrected chi connectivity index (χ1v) is 8.26. The van der Waals surface area contributed by atoms with Crippen LogP contribution >= 0.6 is 0 Å². The number of amides is 1. The van der Waals surface area contributed by atoms with Crippen LogP contribution in [0.15, 0.2) is 24.3 Å². The van der Waals surface area contributed by atoms with Crippen molar-refractivity contribution in [3.05, 3.63) is 24.3 Å². The Labute approximate surface area is 124 Å². The second-order valence-electron chi connectivity index (χ2n) is 4.93. The van der Waals surface area contributed by atoms with Gasteiger partial charge in [0.1, 0.15) is 0 Å². The predicted molar refractivity (Wildman–Crippen MR) is 79.9 cm³/mol. The normalized spacial score (nSPS) is 22.0. The summed E-state index contributed by atoms with van der Waals surface area (Å²) >= 11 is 0. The maximum atomic E-state index is 12.2. The van der Waals surface area contributed by atoms with Crippen LogP contribution in [-0.2, 0) is 19.7 Å². The van der Waals surface area contributed by atoms with Crippen LogP contribution in [0.25, 0.3) is 0 Å². The zero-order valence-corrected chi connectivity index (χ0v) is 12.5. The highest BCUT2D eigenvalue weighted by atomic mass is 32.2. The lowest BCUT2D eigenvalue weighted by Crippen LogP contribution is -2.29. The molecule has 1 aromatic carbocycles. The van der Waals surface area contributed by atoms with Crippen molar-refractivity contribution in [2.45, 2.75) is 25.9 Å². The zero-order chi connectivity index (χ0) is 15.5. The molecule has 1 aromatic rings. The third kappa shape index (κ3) is 4.42. The van der Waals surface area contributed by atoms with E-state index in [4.69, 9.17) is 9.88 Å². The van der Waals surface area contributed by atoms with Crippen LogP contribution in [0.5, 0.6) is 0 Å². The fourth-order valence-electron chi connectivity index (χ4n) is 2.41. The Morgan fingerprint density at radius 1 is 1.43 bits per heavy atom. The molecule has 1 amide bonds. The van der Waals surface area contributed by atoms with Gasteiger partial charge in [-0.15, -0.1) is 0 Å². The van der Waals surface area contributed by atoms with E-state index in [0.29, 0.717) is 24.4 Å². The van der Waals surface area contributed by atoms with E-state index in [9.17, 15) is 13.2 Å². The Bertz CT molecular complexity index is 618. The number of nitrogens with one attached hydrogen (secondary N) is 2. The van der Waals surface area contributed by atoms with E-state index in [2.05, 4.69) is 10.0 Å². The molecule has 7 nitrogen and oxygen atoms in total. The van der Waals surface area contributed by atoms with Gasteiger partial charge in [-0.05, 0) is 31.0 Å². The van der Waals surface area contributed by atoms with E-state index in [-0.39, 0.29) is 17.9 Å². The highest BCUT2D eigenvalue weighted by molar-refractivity contribution is 7.90. The highest BCUT2D eigenvalue weighted by Crippen LogP contribution is 2.25. The predicted octanol–water partition coefficient (Wildman–Crippen LogP) is 1.06. The molecular weight excluding hydrogens is 294 g/mol. The molecule has 0 saturated carbocycles. The number of carbonyl (C=O) groups is 1. The van der Waals surface area contributed by atoms with Gasteiger partial charge in [0, 0.05) is 12.3 Å². The lowest BCUT2D eigenvalue weighted by Gasteiger charge is -2.16. The monoisotopic (exact) mass is 313 g/mol. The van der Waals surface area contributed by atoms with Crippen molar-refractivity contribution in [2.75, 3.05) is 16.6 Å². The van der Waals surface area contributed by atoms with Crippen LogP contribution in [0.1, 0.15) is 19.8 Å². The van der Waals surface area contributed by atoms with E-state index in [0.717, 1.165) is 6.42 Å². The summed E-state index contributed by atoms with van der Waals surface area (Å²) in [6.07, 6.45) is 1.42. The zero-order valence-electron chi connectivity index (χ0n) is 11.7. The third-order valence-corrected chi connectivity index (χ3v) is 3.86. The van der Waals surface area contributed by atoms with Crippen LogP contribution < -0.4 is 15.2 Å². The van der Waals surface area contributed by atoms with Gasteiger partial charge < -0.3 is 10.1 Å². The first kappa shape index (κ1) is 15.7. The van der Waals surface area contributed by atoms with Crippen molar-refractivity contribution in [2.24, 2.45) is 11.1 Å². The maximum Gasteiger partial charge on any atom is 0.296 e. The molecule has 2 unspecified atom stereocenters. The second-order valence-corrected chi connectivity index (χ2v) is 6.22. The Kier molecular flexibility index (Phi) is 4.81. The molecule has 0 aliphatic carbocycles. The number of hydrogen-bond acceptors (Lipinski definition) is 4. The molecule has 1 heterocycles. The van der Waals surface area contributed by atoms with E-state index in [1.54, 1.807) is 18.2 Å². The topological polar surface area (TPSA) is 111 Å². The van der Waals surface area contributed by atoms with Crippen molar-refractivity contribution in [1.29, 1.82) is 0 Å². The molecule has 0 spiro atoms. The van der Waals surface area contributed by atoms with Gasteiger partial charge in [0.25, 0.3) is 10.2 Å². The number of hydrogen-bond donors (Lipinski definition) is 3. The summed E-state index contributed by atoms with van der Waals surface area (Å²) < 4.78 is 29.6. The quantitative estimate of drug-likeness (QED) is 0.754. The molecule has 1 aliphatic rings. The first-order chi connectivity index (χ1) is 9.89. The Balaban J connectivity index is 2.06. The average molecular weight is 313 g/mol. The van der Waals surface area contributed by atoms with E-state index in [1.807, 2.05) is 6.92 Å². The maximum absolute atomic E-state index is 12.2. The van der Waals surface area contributed by atoms with Gasteiger partial charge in [-0.2, -0.15) is 8.42 Å². The molecule has 1 saturated heterocycles. The van der Waals surface area contributed by atoms with Gasteiger partial charge in [-0.1, -0.05) is 13.0 Å². The summed E-state index contributed by atoms with van der Waals surface area (Å²) in [6, 6.07) is 6.38. The number of ether oxygens (including phenoxy) is 1. The van der Waals surface area contributed by atoms with Gasteiger partial charge >= 0.3 is 0 Å². The molecule has 1 fully saturated rings. The summed E-state index contributed by atoms with van der Waals surface area (Å²) in [5, 5.41) is 7.69. The summed E-state index contributed by atoms with van der Waals surface area (Å²) in [5.74, 6) is -0.294. The molecule has 0 bridgehead atoms. The molecule has 2 atom stereocenters. The first-order valence-electron chi connectivity index (χ1n) is 6.72. The molecule has 0 aromatic heterocycles. The third-order valence-electron chi connectivity index (χ3n) is 3.34. The van der Waals surface area contributed by atoms with Gasteiger partial charge in [0.05, 0.1) is 17.7 Å². The molecular formula is C13H19N3O4S. The number of nitrogens with two attached hydrogens (primary N) is 1. The molecule has 1 aliphatic heterocycles. The van der Waals surface area contributed by atoms with Gasteiger partial charge in [0.2, 0.25) is 5.91 Å². The number of benzene rings is 1. The van der Waals surface area contributed by atoms with Crippen LogP contribution in [0, 0.1) is 5.92 Å². The Hall–Kier alpha value is -1.64. The van der Waals surface area contributed by atoms with Crippen molar-refractivity contribution in [3.8, 4) is 0 Å². The molecule has 2 rings (SSSR count). The summed E-state index contributed by atoms with van der Waals surface area (Å²) in [6.45, 7) is 2.57. The van der Waals surface area contributed by atoms with Crippen molar-refractivity contribution < 1.29 is 17.9 Å². The largest absolute Gasteiger partial charge is 0.377 e. The second kappa shape index (κ2) is 6.42. The number of carbonyl (C=O) groups excluding carboxylic acids is 1. The standard InChI is InChI=1S/C13H19N3O4S/c1-2-12-11(6-7-20-12)13(17)15-9-4-3-5-10(8-9)16-21(14,18)19/h3-5,8,11-12,16H,2,6-7H2,1H3,(H,15,17)(H2,14,18,19). The summed E-state index contributed by atoms with van der Waals surface area (Å²) in [4.78, 5) is 12.2.